The van der Waals surface area contributed by atoms with Crippen LogP contribution in [-0.4, -0.2) is 102 Å². The van der Waals surface area contributed by atoms with Crippen LogP contribution in [-0.2, 0) is 14.4 Å². The summed E-state index contributed by atoms with van der Waals surface area (Å²) in [4.78, 5) is 62.3. The Kier molecular flexibility index (Phi) is 12.6. The van der Waals surface area contributed by atoms with Crippen LogP contribution in [0.25, 0.3) is 0 Å². The second-order valence-corrected chi connectivity index (χ2v) is 13.7. The van der Waals surface area contributed by atoms with Crippen LogP contribution in [0.2, 0.25) is 0 Å². The van der Waals surface area contributed by atoms with E-state index in [0.29, 0.717) is 5.57 Å². The third-order valence-corrected chi connectivity index (χ3v) is 10.8. The number of aromatic nitrogens is 2. The number of nitrogens with two attached hydrogens (primary N) is 1. The number of carbonyl (C=O) groups excluding carboxylic acids is 4. The number of carboxylic acid groups (broad SMARTS) is 1. The Hall–Kier alpha value is -3.81. The van der Waals surface area contributed by atoms with Gasteiger partial charge in [0.15, 0.2) is 0 Å². The van der Waals surface area contributed by atoms with Crippen LogP contribution < -0.4 is 61.4 Å². The number of phenolic OH excluding ortho intramolecular Hbond substituents is 1. The number of β-lactam (4-membered cyclic amide) rings is 1. The number of terminal acetylenes is 1. The van der Waals surface area contributed by atoms with Crippen molar-refractivity contribution in [2.24, 2.45) is 5.73 Å². The Morgan fingerprint density at radius 3 is 2.59 bits per heavy atom. The molecule has 1 saturated heterocycles. The van der Waals surface area contributed by atoms with Crippen molar-refractivity contribution in [2.45, 2.75) is 17.5 Å². The molecule has 4 amide bonds. The van der Waals surface area contributed by atoms with E-state index in [2.05, 4.69) is 31.9 Å². The number of phenols is 1. The first-order valence-electron chi connectivity index (χ1n) is 13.9. The fraction of sp³-hybridized carbons (Fsp3) is 0.286. The third kappa shape index (κ3) is 8.16. The number of fused-ring (bicyclic) bond motifs is 1. The van der Waals surface area contributed by atoms with Gasteiger partial charge in [0.25, 0.3) is 5.91 Å². The van der Waals surface area contributed by atoms with E-state index in [-0.39, 0.29) is 76.3 Å². The molecule has 1 fully saturated rings. The number of nitrogens with one attached hydrogen (secondary N) is 3. The van der Waals surface area contributed by atoms with Gasteiger partial charge in [0.2, 0.25) is 17.7 Å². The second kappa shape index (κ2) is 16.3. The molecular formula is C28H29N10NaO7S3. The fourth-order valence-electron chi connectivity index (χ4n) is 4.90. The van der Waals surface area contributed by atoms with Gasteiger partial charge in [-0.25, -0.2) is 14.8 Å². The van der Waals surface area contributed by atoms with Crippen molar-refractivity contribution in [3.63, 3.8) is 0 Å². The van der Waals surface area contributed by atoms with Gasteiger partial charge >= 0.3 is 35.6 Å². The van der Waals surface area contributed by atoms with Gasteiger partial charge in [0, 0.05) is 43.7 Å². The summed E-state index contributed by atoms with van der Waals surface area (Å²) in [5, 5.41) is 39.2. The number of rotatable bonds is 12. The molecule has 17 nitrogen and oxygen atoms in total. The van der Waals surface area contributed by atoms with Gasteiger partial charge in [-0.05, 0) is 23.3 Å². The molecule has 2 unspecified atom stereocenters. The zero-order chi connectivity index (χ0) is 34.7. The summed E-state index contributed by atoms with van der Waals surface area (Å²) in [5.74, 6) is -1.15. The van der Waals surface area contributed by atoms with Crippen LogP contribution in [0.5, 0.6) is 11.6 Å². The van der Waals surface area contributed by atoms with Gasteiger partial charge < -0.3 is 41.9 Å². The van der Waals surface area contributed by atoms with Crippen LogP contribution in [0.4, 0.5) is 16.4 Å². The maximum Gasteiger partial charge on any atom is 1.00 e. The van der Waals surface area contributed by atoms with E-state index in [4.69, 9.17) is 12.2 Å². The smallest absolute Gasteiger partial charge is 0.543 e. The predicted octanol–water partition coefficient (Wildman–Crippen LogP) is -3.56. The molecule has 0 spiro atoms. The largest absolute Gasteiger partial charge is 1.00 e. The molecule has 0 bridgehead atoms. The summed E-state index contributed by atoms with van der Waals surface area (Å²) in [6, 6.07) is 1.31. The topological polar surface area (TPSA) is 233 Å². The van der Waals surface area contributed by atoms with E-state index in [1.54, 1.807) is 10.7 Å². The minimum absolute atomic E-state index is 0. The van der Waals surface area contributed by atoms with Crippen LogP contribution in [0.3, 0.4) is 0 Å². The number of carbonyl (C=O) groups is 4. The van der Waals surface area contributed by atoms with Crippen molar-refractivity contribution in [3.05, 3.63) is 57.7 Å². The second-order valence-electron chi connectivity index (χ2n) is 10.4. The number of primary amides is 1. The number of carboxylic acids is 1. The number of hydrazine groups is 2. The number of nitrogens with zero attached hydrogens (tertiary/aromatic N) is 6. The number of urea groups is 1. The molecule has 3 aliphatic heterocycles. The average Bonchev–Trinajstić information content (AvgIpc) is 3.54. The van der Waals surface area contributed by atoms with Crippen LogP contribution in [0, 0.1) is 12.3 Å². The Balaban J connectivity index is 0.00000541. The molecule has 0 radical (unpaired) electrons. The third-order valence-electron chi connectivity index (χ3n) is 7.07. The van der Waals surface area contributed by atoms with E-state index in [1.807, 2.05) is 19.1 Å². The zero-order valence-corrected chi connectivity index (χ0v) is 30.8. The Morgan fingerprint density at radius 2 is 2.00 bits per heavy atom. The van der Waals surface area contributed by atoms with Crippen LogP contribution in [0.15, 0.2) is 52.2 Å². The SMILES string of the molecule is C#CCNc1ncc(N(C(N)=O)C(C(=O)NC2C(=O)N3C(C(=O)[O-])=C(CSC4=CNN(N(C)C)S4)CS[C@H]23)c2ccc(O)cc2)c(O)n1.[Na+]. The minimum Gasteiger partial charge on any atom is -0.543 e. The summed E-state index contributed by atoms with van der Waals surface area (Å²) >= 11 is 4.08. The molecular weight excluding hydrogens is 708 g/mol. The summed E-state index contributed by atoms with van der Waals surface area (Å²) < 4.78 is 2.66. The molecule has 4 heterocycles. The molecule has 252 valence electrons. The predicted molar refractivity (Wildman–Crippen MR) is 178 cm³/mol. The number of thioether (sulfide) groups is 2. The van der Waals surface area contributed by atoms with Gasteiger partial charge in [0.1, 0.15) is 28.9 Å². The van der Waals surface area contributed by atoms with Crippen molar-refractivity contribution < 1.29 is 64.1 Å². The quantitative estimate of drug-likeness (QED) is 0.0536. The maximum absolute atomic E-state index is 14.0. The van der Waals surface area contributed by atoms with Crippen molar-refractivity contribution in [3.8, 4) is 24.0 Å². The number of aliphatic carboxylic acids is 1. The Labute approximate surface area is 315 Å². The maximum atomic E-state index is 14.0. The Morgan fingerprint density at radius 1 is 1.29 bits per heavy atom. The number of hydrogen-bond donors (Lipinski definition) is 6. The number of aromatic hydroxyl groups is 2. The molecule has 0 saturated carbocycles. The first-order chi connectivity index (χ1) is 22.9. The van der Waals surface area contributed by atoms with Crippen molar-refractivity contribution in [1.29, 1.82) is 0 Å². The Bertz CT molecular complexity index is 1740. The van der Waals surface area contributed by atoms with Crippen LogP contribution in [0.1, 0.15) is 11.6 Å². The fourth-order valence-corrected chi connectivity index (χ4v) is 8.21. The normalized spacial score (nSPS) is 19.0. The van der Waals surface area contributed by atoms with E-state index < -0.39 is 47.2 Å². The number of anilines is 2. The molecule has 3 atom stereocenters. The summed E-state index contributed by atoms with van der Waals surface area (Å²) in [6.07, 6.45) is 8.07. The van der Waals surface area contributed by atoms with E-state index in [0.717, 1.165) is 20.2 Å². The standard InChI is InChI=1S/C28H30N10O7S3.Na/c1-4-9-30-28-31-10-17(22(40)34-28)36(27(29)45)20(14-5-7-16(39)8-6-14)23(41)33-19-24(42)37-21(26(43)44)15(13-47-25(19)37)12-46-18-11-32-38(48-18)35(2)3;/h1,5-8,10-11,19-20,25,32,39H,9,12-13H2,2-3H3,(H2,29,45)(H,33,41)(H,43,44)(H2,30,31,34,40);/q;+1/p-1/t19?,20?,25-;/m1./s1. The molecule has 21 heteroatoms. The summed E-state index contributed by atoms with van der Waals surface area (Å²) in [6.45, 7) is 0.0434. The number of hydrogen-bond acceptors (Lipinski definition) is 16. The van der Waals surface area contributed by atoms with E-state index >= 15 is 0 Å². The van der Waals surface area contributed by atoms with Gasteiger partial charge in [-0.1, -0.05) is 22.6 Å². The molecule has 7 N–H and O–H groups in total. The molecule has 1 aromatic heterocycles. The van der Waals surface area contributed by atoms with Gasteiger partial charge in [-0.15, -0.1) is 29.9 Å². The minimum atomic E-state index is -1.59. The number of amides is 4. The molecule has 2 aromatic rings. The van der Waals surface area contributed by atoms with Crippen molar-refractivity contribution >= 4 is 70.9 Å². The summed E-state index contributed by atoms with van der Waals surface area (Å²) in [5.41, 5.74) is 8.82. The van der Waals surface area contributed by atoms with Gasteiger partial charge in [-0.3, -0.25) is 19.4 Å². The number of benzene rings is 1. The van der Waals surface area contributed by atoms with Crippen molar-refractivity contribution in [2.75, 3.05) is 42.4 Å². The van der Waals surface area contributed by atoms with Crippen molar-refractivity contribution in [1.82, 2.24) is 35.1 Å². The van der Waals surface area contributed by atoms with Crippen LogP contribution >= 0.6 is 35.5 Å². The van der Waals surface area contributed by atoms with Gasteiger partial charge in [0.05, 0.1) is 28.6 Å². The molecule has 0 aliphatic carbocycles. The first kappa shape index (κ1) is 38.0. The molecule has 1 aromatic carbocycles. The van der Waals surface area contributed by atoms with E-state index in [9.17, 15) is 34.5 Å². The first-order valence-corrected chi connectivity index (χ1v) is 16.8. The molecule has 5 rings (SSSR count). The summed E-state index contributed by atoms with van der Waals surface area (Å²) in [7, 11) is 3.71. The average molecular weight is 737 g/mol. The molecule has 49 heavy (non-hydrogen) atoms. The zero-order valence-electron chi connectivity index (χ0n) is 26.3. The van der Waals surface area contributed by atoms with Gasteiger partial charge in [-0.2, -0.15) is 4.98 Å². The monoisotopic (exact) mass is 736 g/mol. The molecule has 3 aliphatic rings. The van der Waals surface area contributed by atoms with E-state index in [1.165, 1.54) is 59.7 Å².